The van der Waals surface area contributed by atoms with Gasteiger partial charge in [-0.05, 0) is 24.2 Å². The van der Waals surface area contributed by atoms with E-state index in [0.29, 0.717) is 6.42 Å². The normalized spacial score (nSPS) is 27.4. The van der Waals surface area contributed by atoms with Crippen molar-refractivity contribution in [2.45, 2.75) is 38.9 Å². The topological polar surface area (TPSA) is 80.7 Å². The summed E-state index contributed by atoms with van der Waals surface area (Å²) in [4.78, 5) is 12.0. The molecule has 0 heterocycles. The summed E-state index contributed by atoms with van der Waals surface area (Å²) in [6, 6.07) is 21.0. The Morgan fingerprint density at radius 2 is 1.43 bits per heavy atom. The minimum absolute atomic E-state index is 0.231. The van der Waals surface area contributed by atoms with Crippen molar-refractivity contribution in [2.75, 3.05) is 7.11 Å². The average Bonchev–Trinajstić information content (AvgIpc) is 3.02. The van der Waals surface area contributed by atoms with Gasteiger partial charge in [-0.15, -0.1) is 0 Å². The maximum absolute atomic E-state index is 12.0. The second-order valence-corrected chi connectivity index (χ2v) is 14.8. The molecule has 1 N–H and O–H groups in total. The van der Waals surface area contributed by atoms with E-state index in [0.717, 1.165) is 6.42 Å². The Morgan fingerprint density at radius 1 is 0.967 bits per heavy atom. The molecule has 2 saturated carbocycles. The van der Waals surface area contributed by atoms with Crippen LogP contribution in [0, 0.1) is 23.9 Å². The summed E-state index contributed by atoms with van der Waals surface area (Å²) < 4.78 is 39.9. The van der Waals surface area contributed by atoms with Gasteiger partial charge in [0.05, 0.1) is 0 Å². The van der Waals surface area contributed by atoms with Gasteiger partial charge in [-0.2, -0.15) is 8.42 Å². The van der Waals surface area contributed by atoms with Gasteiger partial charge in [0.1, 0.15) is 5.25 Å². The molecule has 0 aromatic heterocycles. The SMILES string of the molecule is CC12CCC(C(S(=O)(=O)O)C1=O)C2(C)C.COI(c1ccccc1)c1ccccc1. The van der Waals surface area contributed by atoms with Crippen LogP contribution in [0.25, 0.3) is 0 Å². The van der Waals surface area contributed by atoms with E-state index in [-0.39, 0.29) is 17.1 Å². The molecule has 4 rings (SSSR count). The molecule has 2 aliphatic rings. The van der Waals surface area contributed by atoms with Gasteiger partial charge in [-0.25, -0.2) is 0 Å². The Labute approximate surface area is 186 Å². The van der Waals surface area contributed by atoms with Gasteiger partial charge < -0.3 is 0 Å². The fourth-order valence-corrected chi connectivity index (χ4v) is 10.0. The first-order chi connectivity index (χ1) is 14.0. The van der Waals surface area contributed by atoms with Crippen LogP contribution in [0.4, 0.5) is 0 Å². The Morgan fingerprint density at radius 3 is 1.73 bits per heavy atom. The molecule has 0 amide bonds. The van der Waals surface area contributed by atoms with Gasteiger partial charge in [-0.3, -0.25) is 9.35 Å². The predicted octanol–water partition coefficient (Wildman–Crippen LogP) is 5.06. The third kappa shape index (κ3) is 4.09. The molecule has 2 fully saturated rings. The molecule has 2 bridgehead atoms. The first-order valence-corrected chi connectivity index (χ1v) is 14.4. The zero-order chi connectivity index (χ0) is 22.2. The quantitative estimate of drug-likeness (QED) is 0.430. The maximum atomic E-state index is 12.0. The number of hydrogen-bond donors (Lipinski definition) is 1. The molecule has 164 valence electrons. The Balaban J connectivity index is 0.000000171. The third-order valence-corrected chi connectivity index (χ3v) is 12.6. The number of fused-ring (bicyclic) bond motifs is 2. The molecule has 3 atom stereocenters. The molecular formula is C23H29IO5S. The molecule has 0 aliphatic heterocycles. The Bertz CT molecular complexity index is 951. The molecule has 0 spiro atoms. The summed E-state index contributed by atoms with van der Waals surface area (Å²) in [6.07, 6.45) is 1.44. The number of carbonyl (C=O) groups is 1. The second-order valence-electron chi connectivity index (χ2n) is 8.49. The number of rotatable bonds is 4. The molecule has 7 heteroatoms. The van der Waals surface area contributed by atoms with Gasteiger partial charge in [0.2, 0.25) is 0 Å². The van der Waals surface area contributed by atoms with Crippen LogP contribution in [0.15, 0.2) is 60.7 Å². The third-order valence-electron chi connectivity index (χ3n) is 6.81. The van der Waals surface area contributed by atoms with Crippen molar-refractivity contribution in [3.8, 4) is 0 Å². The van der Waals surface area contributed by atoms with Gasteiger partial charge in [0, 0.05) is 5.41 Å². The van der Waals surface area contributed by atoms with Crippen molar-refractivity contribution < 1.29 is 20.8 Å². The van der Waals surface area contributed by atoms with Gasteiger partial charge in [-0.1, -0.05) is 20.8 Å². The fraction of sp³-hybridized carbons (Fsp3) is 0.435. The van der Waals surface area contributed by atoms with Gasteiger partial charge in [0.25, 0.3) is 10.1 Å². The number of carbonyl (C=O) groups excluding carboxylic acids is 1. The predicted molar refractivity (Wildman–Crippen MR) is 126 cm³/mol. The van der Waals surface area contributed by atoms with Crippen molar-refractivity contribution in [1.29, 1.82) is 0 Å². The summed E-state index contributed by atoms with van der Waals surface area (Å²) in [6.45, 7) is 5.67. The Kier molecular flexibility index (Phi) is 6.77. The standard InChI is InChI=1S/C13H13IO.C10H16O4S/c1-15-14(12-8-4-2-5-9-12)13-10-6-3-7-11-13;1-9(2)6-4-5-10(9,3)8(11)7(6)15(12,13)14/h2-11H,1H3;6-7H,4-5H2,1-3H3,(H,12,13,14). The summed E-state index contributed by atoms with van der Waals surface area (Å²) in [5.41, 5.74) is -0.914. The van der Waals surface area contributed by atoms with Crippen LogP contribution >= 0.6 is 20.2 Å². The van der Waals surface area contributed by atoms with Crippen LogP contribution < -0.4 is 0 Å². The molecule has 0 saturated heterocycles. The minimum atomic E-state index is -4.24. The van der Waals surface area contributed by atoms with Crippen LogP contribution in [0.1, 0.15) is 33.6 Å². The van der Waals surface area contributed by atoms with E-state index < -0.39 is 41.0 Å². The van der Waals surface area contributed by atoms with Crippen LogP contribution in [0.5, 0.6) is 0 Å². The van der Waals surface area contributed by atoms with Crippen LogP contribution in [-0.2, 0) is 18.0 Å². The van der Waals surface area contributed by atoms with Crippen molar-refractivity contribution >= 4 is 36.1 Å². The molecule has 2 aliphatic carbocycles. The molecule has 30 heavy (non-hydrogen) atoms. The van der Waals surface area contributed by atoms with E-state index in [2.05, 4.69) is 48.5 Å². The zero-order valence-electron chi connectivity index (χ0n) is 17.7. The van der Waals surface area contributed by atoms with E-state index in [9.17, 15) is 13.2 Å². The molecule has 2 aromatic carbocycles. The van der Waals surface area contributed by atoms with E-state index in [1.165, 1.54) is 7.14 Å². The van der Waals surface area contributed by atoms with E-state index in [1.54, 1.807) is 0 Å². The van der Waals surface area contributed by atoms with Crippen molar-refractivity contribution in [3.63, 3.8) is 0 Å². The van der Waals surface area contributed by atoms with E-state index in [4.69, 9.17) is 7.62 Å². The van der Waals surface area contributed by atoms with Crippen LogP contribution in [-0.4, -0.2) is 31.1 Å². The van der Waals surface area contributed by atoms with Gasteiger partial charge >= 0.3 is 98.2 Å². The number of hydrogen-bond acceptors (Lipinski definition) is 4. The Hall–Kier alpha value is -1.29. The molecule has 3 unspecified atom stereocenters. The van der Waals surface area contributed by atoms with Crippen molar-refractivity contribution in [2.24, 2.45) is 16.7 Å². The molecule has 0 radical (unpaired) electrons. The number of ketones is 1. The first-order valence-electron chi connectivity index (χ1n) is 9.89. The van der Waals surface area contributed by atoms with Crippen LogP contribution in [0.3, 0.4) is 0 Å². The van der Waals surface area contributed by atoms with E-state index in [1.807, 2.05) is 40.0 Å². The average molecular weight is 544 g/mol. The van der Waals surface area contributed by atoms with Crippen molar-refractivity contribution in [1.82, 2.24) is 0 Å². The summed E-state index contributed by atoms with van der Waals surface area (Å²) in [7, 11) is -2.43. The first kappa shape index (κ1) is 23.4. The number of halogens is 1. The number of benzene rings is 2. The van der Waals surface area contributed by atoms with Crippen molar-refractivity contribution in [3.05, 3.63) is 67.8 Å². The van der Waals surface area contributed by atoms with E-state index >= 15 is 0 Å². The molecular weight excluding hydrogens is 515 g/mol. The zero-order valence-corrected chi connectivity index (χ0v) is 20.7. The summed E-state index contributed by atoms with van der Waals surface area (Å²) >= 11 is -1.62. The summed E-state index contributed by atoms with van der Waals surface area (Å²) in [5.74, 6) is -0.531. The van der Waals surface area contributed by atoms with Crippen LogP contribution in [0.2, 0.25) is 0 Å². The second kappa shape index (κ2) is 8.68. The molecule has 2 aromatic rings. The summed E-state index contributed by atoms with van der Waals surface area (Å²) in [5, 5.41) is -1.19. The molecule has 5 nitrogen and oxygen atoms in total. The fourth-order valence-electron chi connectivity index (χ4n) is 4.71. The monoisotopic (exact) mass is 544 g/mol. The van der Waals surface area contributed by atoms with Gasteiger partial charge in [0.15, 0.2) is 5.78 Å². The number of Topliss-reactive ketones (excluding diaryl/α,β-unsaturated/α-hetero) is 1.